The van der Waals surface area contributed by atoms with Gasteiger partial charge in [0, 0.05) is 25.2 Å². The molecule has 1 atom stereocenters. The van der Waals surface area contributed by atoms with Gasteiger partial charge in [-0.1, -0.05) is 29.8 Å². The molecular weight excluding hydrogens is 386 g/mol. The summed E-state index contributed by atoms with van der Waals surface area (Å²) in [6.45, 7) is 3.55. The lowest BCUT2D eigenvalue weighted by Crippen LogP contribution is -2.43. The van der Waals surface area contributed by atoms with Crippen LogP contribution in [0.15, 0.2) is 41.3 Å². The Hall–Kier alpha value is -1.44. The van der Waals surface area contributed by atoms with Crippen LogP contribution in [-0.2, 0) is 32.3 Å². The van der Waals surface area contributed by atoms with Gasteiger partial charge in [0.2, 0.25) is 9.84 Å². The third-order valence-corrected chi connectivity index (χ3v) is 6.91. The van der Waals surface area contributed by atoms with Crippen LogP contribution in [0, 0.1) is 6.92 Å². The molecule has 0 amide bonds. The van der Waals surface area contributed by atoms with E-state index in [1.807, 2.05) is 37.3 Å². The van der Waals surface area contributed by atoms with Gasteiger partial charge in [0.25, 0.3) is 0 Å². The second-order valence-corrected chi connectivity index (χ2v) is 9.16. The van der Waals surface area contributed by atoms with Crippen LogP contribution in [0.5, 0.6) is 0 Å². The van der Waals surface area contributed by atoms with Crippen molar-refractivity contribution in [3.05, 3.63) is 63.7 Å². The molecule has 0 aliphatic carbocycles. The molecule has 2 aromatic carbocycles. The number of nitrogens with one attached hydrogen (secondary N) is 1. The molecule has 0 saturated carbocycles. The Morgan fingerprint density at radius 1 is 1.22 bits per heavy atom. The number of hydrogen-bond donors (Lipinski definition) is 1. The van der Waals surface area contributed by atoms with Crippen LogP contribution in [0.25, 0.3) is 0 Å². The molecule has 0 radical (unpaired) electrons. The molecule has 0 bridgehead atoms. The van der Waals surface area contributed by atoms with Crippen molar-refractivity contribution in [1.29, 1.82) is 0 Å². The van der Waals surface area contributed by atoms with E-state index < -0.39 is 15.3 Å². The lowest BCUT2D eigenvalue weighted by atomic mass is 9.98. The highest BCUT2D eigenvalue weighted by molar-refractivity contribution is 7.92. The van der Waals surface area contributed by atoms with Gasteiger partial charge in [-0.25, -0.2) is 8.42 Å². The third-order valence-electron chi connectivity index (χ3n) is 4.67. The molecular formula is C20H24ClNO4S. The minimum Gasteiger partial charge on any atom is -0.380 e. The monoisotopic (exact) mass is 409 g/mol. The molecule has 27 heavy (non-hydrogen) atoms. The topological polar surface area (TPSA) is 64.6 Å². The van der Waals surface area contributed by atoms with Gasteiger partial charge in [-0.2, -0.15) is 0 Å². The van der Waals surface area contributed by atoms with Crippen LogP contribution < -0.4 is 5.32 Å². The van der Waals surface area contributed by atoms with Gasteiger partial charge in [-0.05, 0) is 53.8 Å². The molecule has 1 aliphatic rings. The molecule has 1 unspecified atom stereocenters. The lowest BCUT2D eigenvalue weighted by Gasteiger charge is -2.25. The zero-order valence-corrected chi connectivity index (χ0v) is 17.1. The fraction of sp³-hybridized carbons (Fsp3) is 0.400. The maximum absolute atomic E-state index is 13.2. The Morgan fingerprint density at radius 2 is 1.96 bits per heavy atom. The number of aryl methyl sites for hydroxylation is 1. The van der Waals surface area contributed by atoms with Crippen molar-refractivity contribution in [2.24, 2.45) is 0 Å². The summed E-state index contributed by atoms with van der Waals surface area (Å²) in [4.78, 5) is 0.285. The standard InChI is InChI=1S/C20H24ClNO4S/c1-14-9-17(13-25-2)19(27(23,24)20-12-22-7-8-26-20)11-16(14)10-15-3-5-18(21)6-4-15/h3-6,9,11,20,22H,7-8,10,12-13H2,1-2H3. The van der Waals surface area contributed by atoms with Crippen molar-refractivity contribution in [2.75, 3.05) is 26.8 Å². The maximum Gasteiger partial charge on any atom is 0.206 e. The fourth-order valence-electron chi connectivity index (χ4n) is 3.22. The van der Waals surface area contributed by atoms with E-state index in [2.05, 4.69) is 5.32 Å². The van der Waals surface area contributed by atoms with Gasteiger partial charge in [-0.3, -0.25) is 0 Å². The summed E-state index contributed by atoms with van der Waals surface area (Å²) >= 11 is 5.96. The number of morpholine rings is 1. The summed E-state index contributed by atoms with van der Waals surface area (Å²) in [6.07, 6.45) is 0.628. The lowest BCUT2D eigenvalue weighted by molar-refractivity contribution is 0.0783. The Bertz CT molecular complexity index is 891. The molecule has 5 nitrogen and oxygen atoms in total. The first-order chi connectivity index (χ1) is 12.9. The zero-order chi connectivity index (χ0) is 19.4. The van der Waals surface area contributed by atoms with Crippen LogP contribution in [0.3, 0.4) is 0 Å². The number of hydrogen-bond acceptors (Lipinski definition) is 5. The van der Waals surface area contributed by atoms with Crippen LogP contribution in [0.1, 0.15) is 22.3 Å². The SMILES string of the molecule is COCc1cc(C)c(Cc2ccc(Cl)cc2)cc1S(=O)(=O)C1CNCCO1. The van der Waals surface area contributed by atoms with E-state index in [1.165, 1.54) is 0 Å². The minimum atomic E-state index is -3.64. The third kappa shape index (κ3) is 4.70. The normalized spacial score (nSPS) is 17.8. The molecule has 146 valence electrons. The smallest absolute Gasteiger partial charge is 0.206 e. The van der Waals surface area contributed by atoms with Gasteiger partial charge in [0.05, 0.1) is 18.1 Å². The van der Waals surface area contributed by atoms with Crippen molar-refractivity contribution in [3.8, 4) is 0 Å². The number of benzene rings is 2. The summed E-state index contributed by atoms with van der Waals surface area (Å²) in [5.74, 6) is 0. The number of methoxy groups -OCH3 is 1. The van der Waals surface area contributed by atoms with Gasteiger partial charge >= 0.3 is 0 Å². The molecule has 1 fully saturated rings. The predicted octanol–water partition coefficient (Wildman–Crippen LogP) is 3.11. The first kappa shape index (κ1) is 20.3. The summed E-state index contributed by atoms with van der Waals surface area (Å²) in [5.41, 5.74) is 2.83. The van der Waals surface area contributed by atoms with E-state index >= 15 is 0 Å². The van der Waals surface area contributed by atoms with Gasteiger partial charge < -0.3 is 14.8 Å². The van der Waals surface area contributed by atoms with Crippen molar-refractivity contribution < 1.29 is 17.9 Å². The van der Waals surface area contributed by atoms with Crippen molar-refractivity contribution in [2.45, 2.75) is 30.3 Å². The molecule has 7 heteroatoms. The van der Waals surface area contributed by atoms with E-state index in [1.54, 1.807) is 13.2 Å². The van der Waals surface area contributed by atoms with E-state index in [4.69, 9.17) is 21.1 Å². The van der Waals surface area contributed by atoms with E-state index in [9.17, 15) is 8.42 Å². The molecule has 0 aromatic heterocycles. The maximum atomic E-state index is 13.2. The molecule has 3 rings (SSSR count). The second-order valence-electron chi connectivity index (χ2n) is 6.67. The van der Waals surface area contributed by atoms with Gasteiger partial charge in [0.15, 0.2) is 5.44 Å². The van der Waals surface area contributed by atoms with E-state index in [0.717, 1.165) is 16.7 Å². The molecule has 1 saturated heterocycles. The summed E-state index contributed by atoms with van der Waals surface area (Å²) < 4.78 is 37.2. The van der Waals surface area contributed by atoms with E-state index in [0.29, 0.717) is 30.2 Å². The Balaban J connectivity index is 2.01. The van der Waals surface area contributed by atoms with Crippen LogP contribution in [0.2, 0.25) is 5.02 Å². The number of ether oxygens (including phenoxy) is 2. The Labute approximate surface area is 165 Å². The van der Waals surface area contributed by atoms with Gasteiger partial charge in [-0.15, -0.1) is 0 Å². The summed E-state index contributed by atoms with van der Waals surface area (Å²) in [7, 11) is -2.08. The van der Waals surface area contributed by atoms with Crippen LogP contribution in [0.4, 0.5) is 0 Å². The molecule has 1 N–H and O–H groups in total. The van der Waals surface area contributed by atoms with Crippen molar-refractivity contribution in [1.82, 2.24) is 5.32 Å². The van der Waals surface area contributed by atoms with Crippen LogP contribution >= 0.6 is 11.6 Å². The molecule has 1 aliphatic heterocycles. The molecule has 2 aromatic rings. The Morgan fingerprint density at radius 3 is 2.59 bits per heavy atom. The second kappa shape index (κ2) is 8.71. The van der Waals surface area contributed by atoms with E-state index in [-0.39, 0.29) is 18.0 Å². The largest absolute Gasteiger partial charge is 0.380 e. The minimum absolute atomic E-state index is 0.233. The number of rotatable bonds is 6. The average Bonchev–Trinajstić information content (AvgIpc) is 2.66. The zero-order valence-electron chi connectivity index (χ0n) is 15.5. The first-order valence-electron chi connectivity index (χ1n) is 8.84. The molecule has 0 spiro atoms. The highest BCUT2D eigenvalue weighted by Crippen LogP contribution is 2.28. The van der Waals surface area contributed by atoms with Gasteiger partial charge in [0.1, 0.15) is 0 Å². The first-order valence-corrected chi connectivity index (χ1v) is 10.8. The summed E-state index contributed by atoms with van der Waals surface area (Å²) in [5, 5.41) is 3.76. The van der Waals surface area contributed by atoms with Crippen molar-refractivity contribution in [3.63, 3.8) is 0 Å². The average molecular weight is 410 g/mol. The highest BCUT2D eigenvalue weighted by atomic mass is 35.5. The number of halogens is 1. The quantitative estimate of drug-likeness (QED) is 0.794. The predicted molar refractivity (Wildman–Crippen MR) is 106 cm³/mol. The molecule has 1 heterocycles. The summed E-state index contributed by atoms with van der Waals surface area (Å²) in [6, 6.07) is 11.2. The van der Waals surface area contributed by atoms with Crippen molar-refractivity contribution >= 4 is 21.4 Å². The Kier molecular flexibility index (Phi) is 6.55. The van der Waals surface area contributed by atoms with Crippen LogP contribution in [-0.4, -0.2) is 40.7 Å². The fourth-order valence-corrected chi connectivity index (χ4v) is 5.03. The highest BCUT2D eigenvalue weighted by Gasteiger charge is 2.32. The number of sulfone groups is 1.